The zero-order valence-electron chi connectivity index (χ0n) is 89.2. The van der Waals surface area contributed by atoms with Gasteiger partial charge in [-0.3, -0.25) is 43.7 Å². The van der Waals surface area contributed by atoms with Gasteiger partial charge >= 0.3 is 60.3 Å². The van der Waals surface area contributed by atoms with E-state index in [1.54, 1.807) is 130 Å². The molecule has 7 amide bonds. The van der Waals surface area contributed by atoms with Crippen LogP contribution in [0.2, 0.25) is 0 Å². The Kier molecular flexibility index (Phi) is 47.6. The van der Waals surface area contributed by atoms with Crippen LogP contribution in [0.3, 0.4) is 0 Å². The van der Waals surface area contributed by atoms with E-state index in [9.17, 15) is 93.0 Å². The molecule has 7 fully saturated rings. The molecule has 7 saturated heterocycles. The molecule has 5 aromatic rings. The SMILES string of the molecule is C.C.CC1CCC(CO)(C(=O)C[C@H](C(=O)OCc2ccccc2)[C@@H](C)OCc2ccccc2)N1C(=O)OC(C)(C)C.CC1CCC(CO)(C(=O)O)N1C(=O)OC(C)(C)C.CC1CCC(COCc2ccccc2)(C(=O)O)N1C(=O)OC(C)(C)C.CC1CCC2(CN([C@H](C(=O)O)[C@@H](C)O)C2=O)N1C(=O)OC(C)(C)C.CC1CCC2(CN([C@H](C(=O)OCc3ccccc3)[C@@H](C)OCc3ccccc3)C2=O)N1C(=O)OC(C)(C)C.[CH3-].[Pd]. The van der Waals surface area contributed by atoms with Crippen molar-refractivity contribution < 1.29 is 161 Å². The summed E-state index contributed by atoms with van der Waals surface area (Å²) in [6, 6.07) is 44.0. The number of ether oxygens (including phenoxy) is 10. The van der Waals surface area contributed by atoms with Crippen molar-refractivity contribution in [1.82, 2.24) is 34.3 Å². The van der Waals surface area contributed by atoms with Crippen LogP contribution in [0.1, 0.15) is 273 Å². The number of carboxylic acid groups (broad SMARTS) is 3. The number of hydrogen-bond donors (Lipinski definition) is 6. The molecule has 36 nitrogen and oxygen atoms in total. The summed E-state index contributed by atoms with van der Waals surface area (Å²) in [5.41, 5.74) is -5.50. The average Bonchev–Trinajstić information content (AvgIpc) is 1.45. The number of carboxylic acids is 3. The van der Waals surface area contributed by atoms with Crippen LogP contribution in [0.5, 0.6) is 0 Å². The number of aliphatic hydroxyl groups excluding tert-OH is 3. The second-order valence-corrected chi connectivity index (χ2v) is 43.5. The van der Waals surface area contributed by atoms with E-state index in [2.05, 4.69) is 0 Å². The van der Waals surface area contributed by atoms with Crippen LogP contribution in [-0.2, 0) is 139 Å². The number of nitrogens with zero attached hydrogens (tertiary/aromatic N) is 7. The zero-order valence-corrected chi connectivity index (χ0v) is 90.7. The average molecular weight is 2170 g/mol. The van der Waals surface area contributed by atoms with Crippen LogP contribution in [-0.4, -0.2) is 292 Å². The number of ketones is 1. The van der Waals surface area contributed by atoms with E-state index in [-0.39, 0.29) is 138 Å². The van der Waals surface area contributed by atoms with Gasteiger partial charge < -0.3 is 95.2 Å². The molecule has 0 saturated carbocycles. The van der Waals surface area contributed by atoms with Gasteiger partial charge in [-0.2, -0.15) is 0 Å². The topological polar surface area (TPSA) is 458 Å². The third-order valence-electron chi connectivity index (χ3n) is 26.3. The van der Waals surface area contributed by atoms with Gasteiger partial charge in [0.25, 0.3) is 11.8 Å². The minimum Gasteiger partial charge on any atom is -0.480 e. The first kappa shape index (κ1) is 129. The number of aliphatic hydroxyl groups is 3. The Balaban J connectivity index is 0.000000393. The number of amides is 7. The molecule has 148 heavy (non-hydrogen) atoms. The van der Waals surface area contributed by atoms with Gasteiger partial charge in [-0.25, -0.2) is 43.2 Å². The van der Waals surface area contributed by atoms with Crippen molar-refractivity contribution in [1.29, 1.82) is 0 Å². The number of rotatable bonds is 29. The zero-order chi connectivity index (χ0) is 107. The van der Waals surface area contributed by atoms with Crippen molar-refractivity contribution in [2.75, 3.05) is 32.9 Å². The van der Waals surface area contributed by atoms with E-state index < -0.39 is 177 Å². The molecule has 16 atom stereocenters. The standard InChI is InChI=1S/C31H41NO7.C30H38N2O6.C19H27NO5.C16H26N2O6.C12H21NO5.2CH4.CH3.Pd/c1-22-16-17-31(21-33,32(22)29(36)39-30(3,4)5)27(34)18-26(23(2)37-19-24-12-8-6-9-13-24)28(35)38-20-25-14-10-7-11-15-25;1-21-16-17-30(32(21)28(35)38-29(3,4)5)20-31(27(30)34)25(22(2)36-18-23-12-8-6-9-13-23)26(33)37-19-24-14-10-7-11-15-24;1-14-10-11-19(16(21)22,20(14)17(23)25-18(2,3)4)13-24-12-15-8-6-5-7-9-15;1-9-6-7-16(18(9)14(23)24-15(3,4)5)8-17(13(16)22)11(10(2)19)12(20)21;1-8-5-6-12(7-14,9(15)16)13(8)10(17)18-11(2,3)4;;;;/h6-15,22-23,26,33H,16-21H2,1-5H3;6-15,21-22,25H,16-20H2,1-5H3;5-9,14H,10-13H2,1-4H3,(H,21,22);9-11,19H,6-8H2,1-5H3,(H,20,21);8,14H,5-7H2,1-4H3,(H,15,16);2*1H4;1H3;/q;;;;;;;-1;/t22?,23-,26+,31?;21?,22-,25+,30?;;9?,10-,11+,16?;;;;;/m11.1...../s1. The van der Waals surface area contributed by atoms with Gasteiger partial charge in [-0.15, -0.1) is 0 Å². The van der Waals surface area contributed by atoms with Crippen molar-refractivity contribution in [3.8, 4) is 0 Å². The van der Waals surface area contributed by atoms with Gasteiger partial charge in [0.2, 0.25) is 0 Å². The number of esters is 2. The predicted octanol–water partition coefficient (Wildman–Crippen LogP) is 17.0. The van der Waals surface area contributed by atoms with Gasteiger partial charge in [0.1, 0.15) is 57.8 Å². The number of β-lactam (4-membered cyclic amide) rings is 2. The van der Waals surface area contributed by atoms with E-state index in [1.165, 1.54) is 26.5 Å². The Labute approximate surface area is 887 Å². The molecular formula is C111H164N7O29Pd-. The van der Waals surface area contributed by atoms with Crippen molar-refractivity contribution in [3.63, 3.8) is 0 Å². The maximum Gasteiger partial charge on any atom is 0.411 e. The number of likely N-dealkylation sites (tertiary alicyclic amines) is 7. The molecule has 10 unspecified atom stereocenters. The normalized spacial score (nSPS) is 23.5. The molecule has 0 aliphatic carbocycles. The number of Topliss-reactive ketones (excluding diaryl/α,β-unsaturated/α-hetero) is 1. The summed E-state index contributed by atoms with van der Waals surface area (Å²) in [5, 5.41) is 58.0. The largest absolute Gasteiger partial charge is 0.480 e. The molecule has 5 aromatic carbocycles. The molecule has 0 bridgehead atoms. The Hall–Kier alpha value is -11.2. The Morgan fingerprint density at radius 1 is 0.372 bits per heavy atom. The summed E-state index contributed by atoms with van der Waals surface area (Å²) in [4.78, 5) is 175. The number of carbonyl (C=O) groups is 13. The fourth-order valence-corrected chi connectivity index (χ4v) is 19.0. The fraction of sp³-hybridized carbons (Fsp3) is 0.604. The van der Waals surface area contributed by atoms with Crippen LogP contribution < -0.4 is 0 Å². The van der Waals surface area contributed by atoms with Crippen LogP contribution in [0.25, 0.3) is 0 Å². The third kappa shape index (κ3) is 32.9. The van der Waals surface area contributed by atoms with Gasteiger partial charge in [-0.1, -0.05) is 167 Å². The van der Waals surface area contributed by atoms with Crippen LogP contribution in [0.4, 0.5) is 24.0 Å². The van der Waals surface area contributed by atoms with Crippen molar-refractivity contribution in [2.45, 2.75) is 394 Å². The van der Waals surface area contributed by atoms with Gasteiger partial charge in [-0.05, 0) is 251 Å². The van der Waals surface area contributed by atoms with Crippen LogP contribution >= 0.6 is 0 Å². The summed E-state index contributed by atoms with van der Waals surface area (Å²) in [5.74, 6) is -6.69. The summed E-state index contributed by atoms with van der Waals surface area (Å²) < 4.78 is 56.4. The fourth-order valence-electron chi connectivity index (χ4n) is 19.0. The molecule has 7 aliphatic rings. The maximum atomic E-state index is 13.9. The second-order valence-electron chi connectivity index (χ2n) is 43.5. The first-order valence-corrected chi connectivity index (χ1v) is 49.4. The van der Waals surface area contributed by atoms with E-state index in [4.69, 9.17) is 47.4 Å². The summed E-state index contributed by atoms with van der Waals surface area (Å²) >= 11 is 0. The number of hydrogen-bond acceptors (Lipinski definition) is 26. The maximum absolute atomic E-state index is 13.9. The van der Waals surface area contributed by atoms with Crippen molar-refractivity contribution in [3.05, 3.63) is 187 Å². The van der Waals surface area contributed by atoms with Gasteiger partial charge in [0.15, 0.2) is 28.9 Å². The monoisotopic (exact) mass is 2170 g/mol. The summed E-state index contributed by atoms with van der Waals surface area (Å²) in [6.45, 7) is 40.4. The Morgan fingerprint density at radius 3 is 0.953 bits per heavy atom. The van der Waals surface area contributed by atoms with Crippen molar-refractivity contribution >= 4 is 77.9 Å². The number of benzene rings is 5. The number of carbonyl (C=O) groups excluding carboxylic acids is 10. The Bertz CT molecular complexity index is 5170. The third-order valence-corrected chi connectivity index (χ3v) is 26.3. The van der Waals surface area contributed by atoms with Gasteiger partial charge in [0, 0.05) is 57.1 Å². The predicted molar refractivity (Wildman–Crippen MR) is 550 cm³/mol. The first-order valence-electron chi connectivity index (χ1n) is 49.4. The smallest absolute Gasteiger partial charge is 0.411 e. The minimum absolute atomic E-state index is 0. The molecule has 7 aliphatic heterocycles. The second kappa shape index (κ2) is 54.5. The van der Waals surface area contributed by atoms with Crippen LogP contribution in [0.15, 0.2) is 152 Å². The molecule has 12 rings (SSSR count). The van der Waals surface area contributed by atoms with E-state index in [0.717, 1.165) is 37.6 Å². The quantitative estimate of drug-likeness (QED) is 0.00851. The molecule has 0 radical (unpaired) electrons. The molecule has 2 spiro atoms. The van der Waals surface area contributed by atoms with E-state index in [0.29, 0.717) is 64.6 Å². The van der Waals surface area contributed by atoms with E-state index >= 15 is 0 Å². The number of aliphatic carboxylic acids is 3. The molecular weight excluding hydrogens is 2000 g/mol. The Morgan fingerprint density at radius 2 is 0.642 bits per heavy atom. The molecule has 6 N–H and O–H groups in total. The summed E-state index contributed by atoms with van der Waals surface area (Å²) in [6.07, 6.45) is -0.958. The molecule has 37 heteroatoms. The van der Waals surface area contributed by atoms with Crippen molar-refractivity contribution in [2.24, 2.45) is 5.92 Å². The summed E-state index contributed by atoms with van der Waals surface area (Å²) in [7, 11) is 0. The van der Waals surface area contributed by atoms with E-state index in [1.807, 2.05) is 179 Å². The van der Waals surface area contributed by atoms with Crippen LogP contribution in [0, 0.1) is 13.3 Å². The molecule has 828 valence electrons. The minimum atomic E-state index is -1.55. The first-order chi connectivity index (χ1) is 67.2. The molecule has 0 aromatic heterocycles. The van der Waals surface area contributed by atoms with Gasteiger partial charge in [0.05, 0.1) is 77.0 Å². The molecule has 7 heterocycles.